The van der Waals surface area contributed by atoms with Gasteiger partial charge in [0.15, 0.2) is 0 Å². The fraction of sp³-hybridized carbons (Fsp3) is 0.105. The monoisotopic (exact) mass is 371 g/mol. The third-order valence-corrected chi connectivity index (χ3v) is 3.91. The topological polar surface area (TPSA) is 57.0 Å². The van der Waals surface area contributed by atoms with Crippen LogP contribution in [0.15, 0.2) is 60.8 Å². The SMILES string of the molecule is O=C(/C=C/c1cn(Cc2ccccc2)nn1)OCc1c(F)cccc1Cl. The largest absolute Gasteiger partial charge is 0.457 e. The Morgan fingerprint density at radius 1 is 1.19 bits per heavy atom. The van der Waals surface area contributed by atoms with Crippen LogP contribution in [-0.4, -0.2) is 21.0 Å². The summed E-state index contributed by atoms with van der Waals surface area (Å²) in [4.78, 5) is 11.8. The summed E-state index contributed by atoms with van der Waals surface area (Å²) in [5.41, 5.74) is 1.75. The molecule has 1 aromatic heterocycles. The molecular formula is C19H15ClFN3O2. The Bertz CT molecular complexity index is 905. The maximum atomic E-state index is 13.6. The predicted molar refractivity (Wildman–Crippen MR) is 95.8 cm³/mol. The first kappa shape index (κ1) is 17.8. The van der Waals surface area contributed by atoms with Gasteiger partial charge >= 0.3 is 5.97 Å². The van der Waals surface area contributed by atoms with Crippen LogP contribution in [0.25, 0.3) is 6.08 Å². The number of halogens is 2. The fourth-order valence-electron chi connectivity index (χ4n) is 2.25. The number of carbonyl (C=O) groups is 1. The number of carbonyl (C=O) groups excluding carboxylic acids is 1. The Morgan fingerprint density at radius 2 is 2.00 bits per heavy atom. The maximum Gasteiger partial charge on any atom is 0.331 e. The standard InChI is InChI=1S/C19H15ClFN3O2/c20-17-7-4-8-18(21)16(17)13-26-19(25)10-9-15-12-24(23-22-15)11-14-5-2-1-3-6-14/h1-10,12H,11,13H2/b10-9+. The molecule has 0 aliphatic heterocycles. The second-order valence-electron chi connectivity index (χ2n) is 5.47. The molecule has 1 heterocycles. The number of aromatic nitrogens is 3. The molecule has 0 spiro atoms. The number of rotatable bonds is 6. The quantitative estimate of drug-likeness (QED) is 0.487. The van der Waals surface area contributed by atoms with E-state index in [-0.39, 0.29) is 17.2 Å². The first-order chi connectivity index (χ1) is 12.6. The molecule has 0 bridgehead atoms. The molecule has 3 aromatic rings. The lowest BCUT2D eigenvalue weighted by Crippen LogP contribution is -2.03. The van der Waals surface area contributed by atoms with Crippen molar-refractivity contribution in [3.8, 4) is 0 Å². The highest BCUT2D eigenvalue weighted by molar-refractivity contribution is 6.31. The van der Waals surface area contributed by atoms with Crippen LogP contribution in [0, 0.1) is 5.82 Å². The van der Waals surface area contributed by atoms with Crippen LogP contribution in [0.5, 0.6) is 0 Å². The lowest BCUT2D eigenvalue weighted by molar-refractivity contribution is -0.138. The van der Waals surface area contributed by atoms with Gasteiger partial charge in [-0.3, -0.25) is 0 Å². The molecule has 0 amide bonds. The van der Waals surface area contributed by atoms with E-state index in [1.54, 1.807) is 10.9 Å². The minimum Gasteiger partial charge on any atom is -0.457 e. The van der Waals surface area contributed by atoms with Crippen molar-refractivity contribution in [2.75, 3.05) is 0 Å². The van der Waals surface area contributed by atoms with Crippen molar-refractivity contribution in [2.45, 2.75) is 13.2 Å². The van der Waals surface area contributed by atoms with Crippen molar-refractivity contribution < 1.29 is 13.9 Å². The second kappa shape index (κ2) is 8.40. The summed E-state index contributed by atoms with van der Waals surface area (Å²) in [6.45, 7) is 0.341. The zero-order valence-electron chi connectivity index (χ0n) is 13.7. The van der Waals surface area contributed by atoms with E-state index in [1.165, 1.54) is 30.4 Å². The van der Waals surface area contributed by atoms with Crippen LogP contribution in [-0.2, 0) is 22.7 Å². The molecule has 0 N–H and O–H groups in total. The van der Waals surface area contributed by atoms with Gasteiger partial charge in [0.1, 0.15) is 18.1 Å². The van der Waals surface area contributed by atoms with E-state index in [0.29, 0.717) is 12.2 Å². The van der Waals surface area contributed by atoms with Gasteiger partial charge in [0, 0.05) is 11.6 Å². The van der Waals surface area contributed by atoms with E-state index in [1.807, 2.05) is 30.3 Å². The van der Waals surface area contributed by atoms with Gasteiger partial charge in [0.25, 0.3) is 0 Å². The smallest absolute Gasteiger partial charge is 0.331 e. The molecule has 0 radical (unpaired) electrons. The van der Waals surface area contributed by atoms with E-state index >= 15 is 0 Å². The Balaban J connectivity index is 1.55. The van der Waals surface area contributed by atoms with Gasteiger partial charge in [-0.05, 0) is 23.8 Å². The van der Waals surface area contributed by atoms with E-state index in [9.17, 15) is 9.18 Å². The number of ether oxygens (including phenoxy) is 1. The fourth-order valence-corrected chi connectivity index (χ4v) is 2.47. The summed E-state index contributed by atoms with van der Waals surface area (Å²) in [6, 6.07) is 14.1. The van der Waals surface area contributed by atoms with E-state index < -0.39 is 11.8 Å². The van der Waals surface area contributed by atoms with Crippen molar-refractivity contribution in [1.82, 2.24) is 15.0 Å². The van der Waals surface area contributed by atoms with Crippen LogP contribution in [0.3, 0.4) is 0 Å². The highest BCUT2D eigenvalue weighted by Crippen LogP contribution is 2.19. The molecule has 0 saturated carbocycles. The average Bonchev–Trinajstić information content (AvgIpc) is 3.08. The van der Waals surface area contributed by atoms with Crippen molar-refractivity contribution in [2.24, 2.45) is 0 Å². The molecule has 0 saturated heterocycles. The molecule has 0 fully saturated rings. The molecular weight excluding hydrogens is 357 g/mol. The van der Waals surface area contributed by atoms with Crippen LogP contribution in [0.1, 0.15) is 16.8 Å². The van der Waals surface area contributed by atoms with Gasteiger partial charge in [-0.25, -0.2) is 13.9 Å². The lowest BCUT2D eigenvalue weighted by atomic mass is 10.2. The number of benzene rings is 2. The van der Waals surface area contributed by atoms with Crippen molar-refractivity contribution in [3.63, 3.8) is 0 Å². The van der Waals surface area contributed by atoms with Crippen molar-refractivity contribution in [3.05, 3.63) is 88.5 Å². The average molecular weight is 372 g/mol. The summed E-state index contributed by atoms with van der Waals surface area (Å²) in [5, 5.41) is 8.18. The highest BCUT2D eigenvalue weighted by atomic mass is 35.5. The van der Waals surface area contributed by atoms with Crippen LogP contribution >= 0.6 is 11.6 Å². The highest BCUT2D eigenvalue weighted by Gasteiger charge is 2.09. The second-order valence-corrected chi connectivity index (χ2v) is 5.88. The van der Waals surface area contributed by atoms with E-state index in [2.05, 4.69) is 10.3 Å². The molecule has 0 unspecified atom stereocenters. The minimum absolute atomic E-state index is 0.143. The van der Waals surface area contributed by atoms with Gasteiger partial charge < -0.3 is 4.74 Å². The third-order valence-electron chi connectivity index (χ3n) is 3.55. The van der Waals surface area contributed by atoms with Crippen molar-refractivity contribution in [1.29, 1.82) is 0 Å². The van der Waals surface area contributed by atoms with Crippen molar-refractivity contribution >= 4 is 23.6 Å². The summed E-state index contributed by atoms with van der Waals surface area (Å²) in [7, 11) is 0. The summed E-state index contributed by atoms with van der Waals surface area (Å²) >= 11 is 5.88. The number of esters is 1. The molecule has 3 rings (SSSR count). The first-order valence-electron chi connectivity index (χ1n) is 7.83. The molecule has 26 heavy (non-hydrogen) atoms. The summed E-state index contributed by atoms with van der Waals surface area (Å²) in [6.07, 6.45) is 4.41. The predicted octanol–water partition coefficient (Wildman–Crippen LogP) is 3.88. The van der Waals surface area contributed by atoms with Gasteiger partial charge in [0.05, 0.1) is 17.8 Å². The number of nitrogens with zero attached hydrogens (tertiary/aromatic N) is 3. The lowest BCUT2D eigenvalue weighted by Gasteiger charge is -2.05. The molecule has 132 valence electrons. The molecule has 2 aromatic carbocycles. The zero-order chi connectivity index (χ0) is 18.4. The first-order valence-corrected chi connectivity index (χ1v) is 8.21. The minimum atomic E-state index is -0.623. The van der Waals surface area contributed by atoms with Crippen LogP contribution in [0.2, 0.25) is 5.02 Å². The van der Waals surface area contributed by atoms with Gasteiger partial charge in [-0.1, -0.05) is 53.2 Å². The zero-order valence-corrected chi connectivity index (χ0v) is 14.4. The third kappa shape index (κ3) is 4.77. The van der Waals surface area contributed by atoms with E-state index in [4.69, 9.17) is 16.3 Å². The van der Waals surface area contributed by atoms with Gasteiger partial charge in [-0.2, -0.15) is 0 Å². The Labute approximate surface area is 154 Å². The van der Waals surface area contributed by atoms with Crippen LogP contribution < -0.4 is 0 Å². The maximum absolute atomic E-state index is 13.6. The Hall–Kier alpha value is -2.99. The van der Waals surface area contributed by atoms with Gasteiger partial charge in [-0.15, -0.1) is 5.10 Å². The number of hydrogen-bond acceptors (Lipinski definition) is 4. The van der Waals surface area contributed by atoms with Gasteiger partial charge in [0.2, 0.25) is 0 Å². The molecule has 7 heteroatoms. The Morgan fingerprint density at radius 3 is 2.77 bits per heavy atom. The summed E-state index contributed by atoms with van der Waals surface area (Å²) < 4.78 is 20.3. The van der Waals surface area contributed by atoms with Crippen LogP contribution in [0.4, 0.5) is 4.39 Å². The molecule has 0 atom stereocenters. The molecule has 0 aliphatic carbocycles. The van der Waals surface area contributed by atoms with E-state index in [0.717, 1.165) is 5.56 Å². The number of hydrogen-bond donors (Lipinski definition) is 0. The summed E-state index contributed by atoms with van der Waals surface area (Å²) in [5.74, 6) is -1.14. The molecule has 5 nitrogen and oxygen atoms in total. The molecule has 0 aliphatic rings. The normalized spacial score (nSPS) is 11.0. The Kier molecular flexibility index (Phi) is 5.76.